The topological polar surface area (TPSA) is 133 Å². The molecule has 0 saturated carbocycles. The molecule has 1 aromatic heterocycles. The number of aromatic amines is 1. The monoisotopic (exact) mass is 273 g/mol. The van der Waals surface area contributed by atoms with E-state index in [0.29, 0.717) is 0 Å². The van der Waals surface area contributed by atoms with Gasteiger partial charge >= 0.3 is 0 Å². The molecule has 0 radical (unpaired) electrons. The molecule has 1 heterocycles. The quantitative estimate of drug-likeness (QED) is 0.691. The lowest BCUT2D eigenvalue weighted by Gasteiger charge is -2.07. The fourth-order valence-electron chi connectivity index (χ4n) is 1.47. The maximum atomic E-state index is 13.5. The molecule has 20 heavy (non-hydrogen) atoms. The van der Waals surface area contributed by atoms with Crippen molar-refractivity contribution in [1.82, 2.24) is 20.6 Å². The van der Waals surface area contributed by atoms with Gasteiger partial charge in [0.1, 0.15) is 17.5 Å². The van der Waals surface area contributed by atoms with E-state index in [1.54, 1.807) is 0 Å². The smallest absolute Gasteiger partial charge is 0.253 e. The molecular weight excluding hydrogens is 265 g/mol. The van der Waals surface area contributed by atoms with Gasteiger partial charge in [-0.3, -0.25) is 4.79 Å². The van der Waals surface area contributed by atoms with Crippen LogP contribution in [-0.2, 0) is 0 Å². The number of H-pyrrole nitrogens is 1. The van der Waals surface area contributed by atoms with Crippen molar-refractivity contribution in [3.63, 3.8) is 0 Å². The normalized spacial score (nSPS) is 10.9. The molecule has 0 saturated heterocycles. The number of benzene rings is 1. The van der Waals surface area contributed by atoms with Crippen LogP contribution in [0.25, 0.3) is 5.57 Å². The fourth-order valence-corrected chi connectivity index (χ4v) is 1.47. The highest BCUT2D eigenvalue weighted by atomic mass is 19.1. The first-order valence-corrected chi connectivity index (χ1v) is 5.32. The zero-order chi connectivity index (χ0) is 14.5. The van der Waals surface area contributed by atoms with E-state index in [1.165, 1.54) is 18.3 Å². The Morgan fingerprint density at radius 2 is 2.35 bits per heavy atom. The molecule has 0 fully saturated rings. The number of halogens is 1. The van der Waals surface area contributed by atoms with Gasteiger partial charge in [-0.2, -0.15) is 10.5 Å². The van der Waals surface area contributed by atoms with E-state index >= 15 is 0 Å². The molecule has 0 aliphatic rings. The third kappa shape index (κ3) is 2.59. The van der Waals surface area contributed by atoms with E-state index < -0.39 is 11.7 Å². The van der Waals surface area contributed by atoms with Crippen molar-refractivity contribution in [3.8, 4) is 6.07 Å². The predicted octanol–water partition coefficient (Wildman–Crippen LogP) is 0.414. The van der Waals surface area contributed by atoms with Gasteiger partial charge in [0, 0.05) is 6.20 Å². The Morgan fingerprint density at radius 3 is 2.95 bits per heavy atom. The Labute approximate surface area is 112 Å². The van der Waals surface area contributed by atoms with Crippen molar-refractivity contribution in [1.29, 1.82) is 5.26 Å². The van der Waals surface area contributed by atoms with Crippen LogP contribution in [0.5, 0.6) is 0 Å². The minimum absolute atomic E-state index is 0.0541. The lowest BCUT2D eigenvalue weighted by molar-refractivity contribution is 0.0997. The first-order chi connectivity index (χ1) is 9.63. The van der Waals surface area contributed by atoms with Crippen molar-refractivity contribution in [2.24, 2.45) is 5.73 Å². The van der Waals surface area contributed by atoms with E-state index in [4.69, 9.17) is 11.0 Å². The second kappa shape index (κ2) is 5.57. The summed E-state index contributed by atoms with van der Waals surface area (Å²) in [5.41, 5.74) is 4.99. The van der Waals surface area contributed by atoms with Gasteiger partial charge in [-0.1, -0.05) is 6.07 Å². The fraction of sp³-hybridized carbons (Fsp3) is 0. The van der Waals surface area contributed by atoms with Crippen molar-refractivity contribution >= 4 is 17.2 Å². The number of amides is 1. The largest absolute Gasteiger partial charge is 0.365 e. The summed E-state index contributed by atoms with van der Waals surface area (Å²) in [6.45, 7) is 0. The molecule has 1 amide bonds. The average molecular weight is 273 g/mol. The number of nitrogens with one attached hydrogen (secondary N) is 2. The van der Waals surface area contributed by atoms with Gasteiger partial charge in [-0.25, -0.2) is 4.39 Å². The number of nitrogens with two attached hydrogens (primary N) is 1. The zero-order valence-corrected chi connectivity index (χ0v) is 9.96. The molecule has 4 N–H and O–H groups in total. The second-order valence-electron chi connectivity index (χ2n) is 3.58. The van der Waals surface area contributed by atoms with Crippen LogP contribution in [-0.4, -0.2) is 26.5 Å². The lowest BCUT2D eigenvalue weighted by Crippen LogP contribution is -2.15. The molecule has 1 aromatic carbocycles. The zero-order valence-electron chi connectivity index (χ0n) is 9.96. The van der Waals surface area contributed by atoms with Crippen LogP contribution in [0.15, 0.2) is 24.4 Å². The molecule has 0 spiro atoms. The summed E-state index contributed by atoms with van der Waals surface area (Å²) in [6.07, 6.45) is 1.23. The first kappa shape index (κ1) is 13.2. The number of nitriles is 1. The number of tetrazole rings is 1. The predicted molar refractivity (Wildman–Crippen MR) is 66.3 cm³/mol. The van der Waals surface area contributed by atoms with Crippen LogP contribution in [0.3, 0.4) is 0 Å². The summed E-state index contributed by atoms with van der Waals surface area (Å²) < 4.78 is 13.5. The van der Waals surface area contributed by atoms with Gasteiger partial charge in [-0.05, 0) is 17.3 Å². The van der Waals surface area contributed by atoms with Crippen molar-refractivity contribution < 1.29 is 9.18 Å². The number of hydrogen-bond acceptors (Lipinski definition) is 6. The summed E-state index contributed by atoms with van der Waals surface area (Å²) in [5, 5.41) is 24.4. The van der Waals surface area contributed by atoms with Gasteiger partial charge in [0.05, 0.1) is 11.3 Å². The minimum atomic E-state index is -0.919. The summed E-state index contributed by atoms with van der Waals surface area (Å²) in [6, 6.07) is 5.80. The molecular formula is C11H8FN7O. The van der Waals surface area contributed by atoms with Gasteiger partial charge in [-0.15, -0.1) is 10.2 Å². The Bertz CT molecular complexity index is 702. The van der Waals surface area contributed by atoms with Crippen LogP contribution in [0.1, 0.15) is 16.2 Å². The number of carbonyl (C=O) groups is 1. The molecule has 9 heteroatoms. The van der Waals surface area contributed by atoms with Crippen molar-refractivity contribution in [2.45, 2.75) is 0 Å². The number of aromatic nitrogens is 4. The Hall–Kier alpha value is -3.28. The maximum absolute atomic E-state index is 13.5. The Balaban J connectivity index is 2.34. The molecule has 0 bridgehead atoms. The summed E-state index contributed by atoms with van der Waals surface area (Å²) in [5.74, 6) is -1.61. The van der Waals surface area contributed by atoms with Crippen LogP contribution >= 0.6 is 0 Å². The van der Waals surface area contributed by atoms with Crippen molar-refractivity contribution in [2.75, 3.05) is 5.32 Å². The van der Waals surface area contributed by atoms with Crippen LogP contribution in [0, 0.1) is 17.1 Å². The van der Waals surface area contributed by atoms with Gasteiger partial charge in [0.2, 0.25) is 5.82 Å². The number of rotatable bonds is 4. The Morgan fingerprint density at radius 1 is 1.55 bits per heavy atom. The lowest BCUT2D eigenvalue weighted by atomic mass is 10.1. The van der Waals surface area contributed by atoms with E-state index in [-0.39, 0.29) is 22.6 Å². The van der Waals surface area contributed by atoms with E-state index in [2.05, 4.69) is 25.9 Å². The molecule has 0 unspecified atom stereocenters. The molecule has 0 atom stereocenters. The number of anilines is 1. The molecule has 0 aliphatic heterocycles. The molecule has 2 rings (SSSR count). The number of primary amides is 1. The highest BCUT2D eigenvalue weighted by Gasteiger charge is 2.13. The highest BCUT2D eigenvalue weighted by molar-refractivity contribution is 5.99. The van der Waals surface area contributed by atoms with Crippen LogP contribution < -0.4 is 11.1 Å². The van der Waals surface area contributed by atoms with Crippen molar-refractivity contribution in [3.05, 3.63) is 41.6 Å². The Kier molecular flexibility index (Phi) is 3.67. The molecule has 2 aromatic rings. The first-order valence-electron chi connectivity index (χ1n) is 5.32. The molecule has 8 nitrogen and oxygen atoms in total. The number of allylic oxidation sites excluding steroid dienone is 1. The average Bonchev–Trinajstić information content (AvgIpc) is 2.93. The molecule has 0 aliphatic carbocycles. The van der Waals surface area contributed by atoms with Crippen LogP contribution in [0.4, 0.5) is 10.1 Å². The van der Waals surface area contributed by atoms with E-state index in [9.17, 15) is 9.18 Å². The highest BCUT2D eigenvalue weighted by Crippen LogP contribution is 2.19. The van der Waals surface area contributed by atoms with Crippen LogP contribution in [0.2, 0.25) is 0 Å². The third-order valence-corrected chi connectivity index (χ3v) is 2.34. The number of nitrogens with zero attached hydrogens (tertiary/aromatic N) is 4. The summed E-state index contributed by atoms with van der Waals surface area (Å²) >= 11 is 0. The second-order valence-corrected chi connectivity index (χ2v) is 3.58. The maximum Gasteiger partial charge on any atom is 0.253 e. The number of carbonyl (C=O) groups excluding carboxylic acids is 1. The van der Waals surface area contributed by atoms with Gasteiger partial charge in [0.15, 0.2) is 0 Å². The standard InChI is InChI=1S/C11H8FN7O/c12-7-2-1-3-8(9(7)10(14)20)15-5-6(4-13)11-16-18-19-17-11/h1-3,5,15H,(H2,14,20)(H,16,17,18,19). The van der Waals surface area contributed by atoms with E-state index in [1.807, 2.05) is 6.07 Å². The SMILES string of the molecule is N#CC(=CNc1cccc(F)c1C(N)=O)c1nn[nH]n1. The van der Waals surface area contributed by atoms with Gasteiger partial charge in [0.25, 0.3) is 5.91 Å². The van der Waals surface area contributed by atoms with Gasteiger partial charge < -0.3 is 11.1 Å². The number of hydrogen-bond donors (Lipinski definition) is 3. The minimum Gasteiger partial charge on any atom is -0.365 e. The molecule has 100 valence electrons. The third-order valence-electron chi connectivity index (χ3n) is 2.34. The van der Waals surface area contributed by atoms with E-state index in [0.717, 1.165) is 6.07 Å². The summed E-state index contributed by atoms with van der Waals surface area (Å²) in [7, 11) is 0. The summed E-state index contributed by atoms with van der Waals surface area (Å²) in [4.78, 5) is 11.2.